The van der Waals surface area contributed by atoms with Crippen LogP contribution in [0.1, 0.15) is 37.7 Å². The first-order valence-corrected chi connectivity index (χ1v) is 7.16. The smallest absolute Gasteiger partial charge is 0.167 e. The van der Waals surface area contributed by atoms with Crippen molar-refractivity contribution >= 4 is 5.69 Å². The van der Waals surface area contributed by atoms with Crippen LogP contribution in [-0.2, 0) is 6.42 Å². The summed E-state index contributed by atoms with van der Waals surface area (Å²) in [6, 6.07) is 2.90. The van der Waals surface area contributed by atoms with Crippen molar-refractivity contribution in [2.75, 3.05) is 5.73 Å². The van der Waals surface area contributed by atoms with E-state index in [0.29, 0.717) is 11.4 Å². The highest BCUT2D eigenvalue weighted by molar-refractivity contribution is 5.61. The zero-order valence-electron chi connectivity index (χ0n) is 13.2. The molecule has 21 heavy (non-hydrogen) atoms. The molecule has 0 aliphatic heterocycles. The molecule has 2 N–H and O–H groups in total. The highest BCUT2D eigenvalue weighted by Crippen LogP contribution is 2.29. The maximum absolute atomic E-state index is 13.9. The molecule has 0 amide bonds. The van der Waals surface area contributed by atoms with E-state index in [9.17, 15) is 4.39 Å². The monoisotopic (exact) mass is 291 g/mol. The van der Waals surface area contributed by atoms with E-state index in [1.165, 1.54) is 11.6 Å². The van der Waals surface area contributed by atoms with Gasteiger partial charge in [-0.25, -0.2) is 9.07 Å². The van der Waals surface area contributed by atoms with Crippen molar-refractivity contribution in [2.24, 2.45) is 0 Å². The Bertz CT molecular complexity index is 662. The van der Waals surface area contributed by atoms with Crippen molar-refractivity contribution in [3.8, 4) is 11.4 Å². The summed E-state index contributed by atoms with van der Waals surface area (Å²) in [5, 5.41) is 4.52. The van der Waals surface area contributed by atoms with Gasteiger partial charge in [-0.05, 0) is 39.7 Å². The minimum atomic E-state index is -0.456. The molecule has 0 radical (unpaired) electrons. The second kappa shape index (κ2) is 5.76. The van der Waals surface area contributed by atoms with Crippen LogP contribution in [0.15, 0.2) is 12.1 Å². The van der Waals surface area contributed by atoms with Gasteiger partial charge in [0.05, 0.1) is 23.2 Å². The number of aryl methyl sites for hydroxylation is 1. The first kappa shape index (κ1) is 15.4. The molecule has 2 aromatic rings. The predicted molar refractivity (Wildman–Crippen MR) is 82.6 cm³/mol. The molecule has 0 aliphatic carbocycles. The van der Waals surface area contributed by atoms with E-state index in [1.54, 1.807) is 10.7 Å². The first-order valence-electron chi connectivity index (χ1n) is 7.16. The lowest BCUT2D eigenvalue weighted by Crippen LogP contribution is -2.10. The van der Waals surface area contributed by atoms with Gasteiger partial charge in [0.25, 0.3) is 0 Å². The Labute approximate surface area is 124 Å². The van der Waals surface area contributed by atoms with Crippen molar-refractivity contribution in [3.05, 3.63) is 34.9 Å². The molecule has 0 saturated carbocycles. The Kier molecular flexibility index (Phi) is 4.21. The van der Waals surface area contributed by atoms with Crippen LogP contribution in [0.5, 0.6) is 5.75 Å². The van der Waals surface area contributed by atoms with E-state index in [-0.39, 0.29) is 11.9 Å². The van der Waals surface area contributed by atoms with Crippen LogP contribution in [0, 0.1) is 19.7 Å². The highest BCUT2D eigenvalue weighted by Gasteiger charge is 2.16. The lowest BCUT2D eigenvalue weighted by atomic mass is 10.1. The Morgan fingerprint density at radius 1 is 1.33 bits per heavy atom. The minimum absolute atomic E-state index is 0.109. The van der Waals surface area contributed by atoms with Crippen LogP contribution < -0.4 is 10.5 Å². The third-order valence-electron chi connectivity index (χ3n) is 3.47. The molecule has 1 aromatic heterocycles. The van der Waals surface area contributed by atoms with E-state index >= 15 is 0 Å². The molecule has 0 aliphatic rings. The van der Waals surface area contributed by atoms with Gasteiger partial charge in [0, 0.05) is 17.8 Å². The molecule has 1 aromatic carbocycles. The molecule has 1 heterocycles. The lowest BCUT2D eigenvalue weighted by molar-refractivity contribution is 0.231. The maximum atomic E-state index is 13.9. The molecule has 4 nitrogen and oxygen atoms in total. The van der Waals surface area contributed by atoms with Gasteiger partial charge in [-0.1, -0.05) is 6.92 Å². The van der Waals surface area contributed by atoms with E-state index in [0.717, 1.165) is 17.8 Å². The summed E-state index contributed by atoms with van der Waals surface area (Å²) in [6.07, 6.45) is 0.788. The van der Waals surface area contributed by atoms with Gasteiger partial charge in [0.1, 0.15) is 0 Å². The Morgan fingerprint density at radius 2 is 2.00 bits per heavy atom. The van der Waals surface area contributed by atoms with Crippen LogP contribution in [-0.4, -0.2) is 15.9 Å². The van der Waals surface area contributed by atoms with Crippen LogP contribution in [0.3, 0.4) is 0 Å². The molecule has 0 fully saturated rings. The number of benzene rings is 1. The van der Waals surface area contributed by atoms with Gasteiger partial charge in [-0.15, -0.1) is 0 Å². The number of hydrogen-bond acceptors (Lipinski definition) is 3. The fourth-order valence-corrected chi connectivity index (χ4v) is 2.51. The normalized spacial score (nSPS) is 11.2. The second-order valence-electron chi connectivity index (χ2n) is 5.42. The summed E-state index contributed by atoms with van der Waals surface area (Å²) >= 11 is 0. The maximum Gasteiger partial charge on any atom is 0.167 e. The fourth-order valence-electron chi connectivity index (χ4n) is 2.51. The number of aromatic nitrogens is 2. The van der Waals surface area contributed by atoms with Gasteiger partial charge in [0.2, 0.25) is 0 Å². The average molecular weight is 291 g/mol. The van der Waals surface area contributed by atoms with Crippen LogP contribution >= 0.6 is 0 Å². The summed E-state index contributed by atoms with van der Waals surface area (Å²) < 4.78 is 21.2. The summed E-state index contributed by atoms with van der Waals surface area (Å²) in [6.45, 7) is 9.75. The van der Waals surface area contributed by atoms with E-state index in [4.69, 9.17) is 10.5 Å². The zero-order valence-corrected chi connectivity index (χ0v) is 13.2. The number of hydrogen-bond donors (Lipinski definition) is 1. The van der Waals surface area contributed by atoms with E-state index in [2.05, 4.69) is 12.0 Å². The molecule has 0 bridgehead atoms. The first-order chi connectivity index (χ1) is 9.85. The minimum Gasteiger partial charge on any atom is -0.488 e. The molecule has 0 unspecified atom stereocenters. The molecule has 114 valence electrons. The van der Waals surface area contributed by atoms with Gasteiger partial charge >= 0.3 is 0 Å². The lowest BCUT2D eigenvalue weighted by Gasteiger charge is -2.14. The van der Waals surface area contributed by atoms with Crippen molar-refractivity contribution in [1.82, 2.24) is 9.78 Å². The summed E-state index contributed by atoms with van der Waals surface area (Å²) in [7, 11) is 0. The van der Waals surface area contributed by atoms with Crippen LogP contribution in [0.25, 0.3) is 5.69 Å². The molecule has 5 heteroatoms. The molecular weight excluding hydrogens is 269 g/mol. The number of anilines is 1. The number of halogens is 1. The predicted octanol–water partition coefficient (Wildman–Crippen LogP) is 3.56. The third kappa shape index (κ3) is 2.86. The molecule has 0 saturated heterocycles. The molecule has 0 atom stereocenters. The number of rotatable bonds is 4. The Morgan fingerprint density at radius 3 is 2.52 bits per heavy atom. The van der Waals surface area contributed by atoms with Crippen molar-refractivity contribution in [1.29, 1.82) is 0 Å². The van der Waals surface area contributed by atoms with Crippen LogP contribution in [0.2, 0.25) is 0 Å². The SMILES string of the molecule is CCc1c(C)nn(-c2cc(OC(C)C)c(F)cc2N)c1C. The summed E-state index contributed by atoms with van der Waals surface area (Å²) in [4.78, 5) is 0. The zero-order chi connectivity index (χ0) is 15.7. The van der Waals surface area contributed by atoms with Gasteiger partial charge in [-0.2, -0.15) is 5.10 Å². The van der Waals surface area contributed by atoms with Crippen molar-refractivity contribution in [2.45, 2.75) is 47.1 Å². The Balaban J connectivity index is 2.58. The van der Waals surface area contributed by atoms with Crippen molar-refractivity contribution < 1.29 is 9.13 Å². The third-order valence-corrected chi connectivity index (χ3v) is 3.47. The number of nitrogens with two attached hydrogens (primary N) is 1. The largest absolute Gasteiger partial charge is 0.488 e. The highest BCUT2D eigenvalue weighted by atomic mass is 19.1. The average Bonchev–Trinajstić information content (AvgIpc) is 2.67. The summed E-state index contributed by atoms with van der Waals surface area (Å²) in [5.74, 6) is -0.262. The van der Waals surface area contributed by atoms with Crippen LogP contribution in [0.4, 0.5) is 10.1 Å². The standard InChI is InChI=1S/C16H22FN3O/c1-6-12-10(4)19-20(11(12)5)15-8-16(21-9(2)3)13(17)7-14(15)18/h7-9H,6,18H2,1-5H3. The Hall–Kier alpha value is -2.04. The number of nitrogen functional groups attached to an aromatic ring is 1. The second-order valence-corrected chi connectivity index (χ2v) is 5.42. The fraction of sp³-hybridized carbons (Fsp3) is 0.438. The molecule has 2 rings (SSSR count). The topological polar surface area (TPSA) is 53.1 Å². The van der Waals surface area contributed by atoms with Gasteiger partial charge in [0.15, 0.2) is 11.6 Å². The molecule has 0 spiro atoms. The molecular formula is C16H22FN3O. The van der Waals surface area contributed by atoms with E-state index in [1.807, 2.05) is 27.7 Å². The number of ether oxygens (including phenoxy) is 1. The summed E-state index contributed by atoms with van der Waals surface area (Å²) in [5.41, 5.74) is 10.1. The van der Waals surface area contributed by atoms with E-state index < -0.39 is 5.82 Å². The number of nitrogens with zero attached hydrogens (tertiary/aromatic N) is 2. The van der Waals surface area contributed by atoms with Crippen molar-refractivity contribution in [3.63, 3.8) is 0 Å². The quantitative estimate of drug-likeness (QED) is 0.876. The van der Waals surface area contributed by atoms with Gasteiger partial charge in [-0.3, -0.25) is 0 Å². The van der Waals surface area contributed by atoms with Gasteiger partial charge < -0.3 is 10.5 Å².